The lowest BCUT2D eigenvalue weighted by Crippen LogP contribution is -2.14. The molecule has 0 spiro atoms. The highest BCUT2D eigenvalue weighted by Gasteiger charge is 2.10. The molecule has 1 N–H and O–H groups in total. The quantitative estimate of drug-likeness (QED) is 0.769. The highest BCUT2D eigenvalue weighted by Crippen LogP contribution is 2.23. The average molecular weight is 300 g/mol. The minimum absolute atomic E-state index is 0.0819. The van der Waals surface area contributed by atoms with Crippen LogP contribution < -0.4 is 5.32 Å². The smallest absolute Gasteiger partial charge is 0.228 e. The fourth-order valence-corrected chi connectivity index (χ4v) is 2.37. The maximum Gasteiger partial charge on any atom is 0.228 e. The van der Waals surface area contributed by atoms with Crippen LogP contribution in [-0.4, -0.2) is 5.91 Å². The third-order valence-corrected chi connectivity index (χ3v) is 3.54. The van der Waals surface area contributed by atoms with E-state index in [9.17, 15) is 4.79 Å². The van der Waals surface area contributed by atoms with Crippen LogP contribution in [-0.2, 0) is 11.2 Å². The van der Waals surface area contributed by atoms with Crippen LogP contribution in [0.5, 0.6) is 0 Å². The zero-order chi connectivity index (χ0) is 14.8. The fraction of sp³-hybridized carbons (Fsp3) is 0.118. The third-order valence-electron chi connectivity index (χ3n) is 3.29. The van der Waals surface area contributed by atoms with Crippen molar-refractivity contribution < 1.29 is 9.21 Å². The first-order valence-corrected chi connectivity index (χ1v) is 7.02. The summed E-state index contributed by atoms with van der Waals surface area (Å²) in [6.07, 6.45) is 1.92. The zero-order valence-electron chi connectivity index (χ0n) is 11.5. The molecule has 4 heteroatoms. The van der Waals surface area contributed by atoms with Gasteiger partial charge in [0.25, 0.3) is 0 Å². The number of fused-ring (bicyclic) bond motifs is 1. The molecule has 0 aliphatic rings. The van der Waals surface area contributed by atoms with Gasteiger partial charge in [-0.05, 0) is 43.3 Å². The number of anilines is 1. The van der Waals surface area contributed by atoms with E-state index in [1.165, 1.54) is 0 Å². The normalized spacial score (nSPS) is 10.8. The van der Waals surface area contributed by atoms with Gasteiger partial charge >= 0.3 is 0 Å². The standard InChI is InChI=1S/C17H14ClNO2/c1-11-2-7-16-15(8-11)12(10-21-16)9-17(20)19-14-5-3-13(18)4-6-14/h2-8,10H,9H2,1H3,(H,19,20). The van der Waals surface area contributed by atoms with Gasteiger partial charge in [-0.15, -0.1) is 0 Å². The number of nitrogens with one attached hydrogen (secondary N) is 1. The van der Waals surface area contributed by atoms with E-state index in [0.29, 0.717) is 5.02 Å². The second-order valence-corrected chi connectivity index (χ2v) is 5.43. The number of amides is 1. The monoisotopic (exact) mass is 299 g/mol. The molecule has 3 nitrogen and oxygen atoms in total. The van der Waals surface area contributed by atoms with Crippen molar-refractivity contribution in [2.75, 3.05) is 5.32 Å². The van der Waals surface area contributed by atoms with E-state index in [-0.39, 0.29) is 12.3 Å². The lowest BCUT2D eigenvalue weighted by atomic mass is 10.1. The van der Waals surface area contributed by atoms with Crippen molar-refractivity contribution in [3.63, 3.8) is 0 Å². The Morgan fingerprint density at radius 1 is 1.19 bits per heavy atom. The molecule has 3 aromatic rings. The SMILES string of the molecule is Cc1ccc2occ(CC(=O)Nc3ccc(Cl)cc3)c2c1. The van der Waals surface area contributed by atoms with Crippen LogP contribution in [0, 0.1) is 6.92 Å². The molecule has 0 aliphatic carbocycles. The van der Waals surface area contributed by atoms with E-state index < -0.39 is 0 Å². The van der Waals surface area contributed by atoms with Crippen LogP contribution in [0.2, 0.25) is 5.02 Å². The van der Waals surface area contributed by atoms with Crippen molar-refractivity contribution in [3.8, 4) is 0 Å². The number of rotatable bonds is 3. The second kappa shape index (κ2) is 5.62. The summed E-state index contributed by atoms with van der Waals surface area (Å²) in [7, 11) is 0. The molecule has 21 heavy (non-hydrogen) atoms. The average Bonchev–Trinajstić information content (AvgIpc) is 2.84. The molecule has 0 radical (unpaired) electrons. The Kier molecular flexibility index (Phi) is 3.67. The molecular formula is C17H14ClNO2. The van der Waals surface area contributed by atoms with Crippen LogP contribution in [0.4, 0.5) is 5.69 Å². The summed E-state index contributed by atoms with van der Waals surface area (Å²) in [5.41, 5.74) is 3.56. The summed E-state index contributed by atoms with van der Waals surface area (Å²) in [6, 6.07) is 13.0. The van der Waals surface area contributed by atoms with Gasteiger partial charge in [-0.1, -0.05) is 23.2 Å². The summed E-state index contributed by atoms with van der Waals surface area (Å²) in [5, 5.41) is 4.48. The molecule has 3 rings (SSSR count). The molecule has 1 aromatic heterocycles. The number of hydrogen-bond acceptors (Lipinski definition) is 2. The highest BCUT2D eigenvalue weighted by atomic mass is 35.5. The first-order valence-electron chi connectivity index (χ1n) is 6.64. The molecule has 0 bridgehead atoms. The van der Waals surface area contributed by atoms with Gasteiger partial charge in [-0.3, -0.25) is 4.79 Å². The molecule has 0 saturated heterocycles. The summed E-state index contributed by atoms with van der Waals surface area (Å²) in [6.45, 7) is 2.02. The van der Waals surface area contributed by atoms with Crippen molar-refractivity contribution in [2.24, 2.45) is 0 Å². The number of furan rings is 1. The van der Waals surface area contributed by atoms with Crippen LogP contribution in [0.15, 0.2) is 53.1 Å². The van der Waals surface area contributed by atoms with E-state index in [0.717, 1.165) is 27.8 Å². The Morgan fingerprint density at radius 3 is 2.71 bits per heavy atom. The number of benzene rings is 2. The van der Waals surface area contributed by atoms with Gasteiger partial charge in [0.15, 0.2) is 0 Å². The van der Waals surface area contributed by atoms with Gasteiger partial charge in [0, 0.05) is 21.7 Å². The molecule has 0 atom stereocenters. The zero-order valence-corrected chi connectivity index (χ0v) is 12.3. The Bertz CT molecular complexity index is 790. The molecular weight excluding hydrogens is 286 g/mol. The summed E-state index contributed by atoms with van der Waals surface area (Å²) in [4.78, 5) is 12.1. The van der Waals surface area contributed by atoms with Crippen molar-refractivity contribution >= 4 is 34.2 Å². The highest BCUT2D eigenvalue weighted by molar-refractivity contribution is 6.30. The molecule has 0 saturated carbocycles. The molecule has 0 aliphatic heterocycles. The minimum Gasteiger partial charge on any atom is -0.464 e. The van der Waals surface area contributed by atoms with Gasteiger partial charge in [-0.2, -0.15) is 0 Å². The molecule has 2 aromatic carbocycles. The van der Waals surface area contributed by atoms with E-state index in [1.807, 2.05) is 25.1 Å². The van der Waals surface area contributed by atoms with Gasteiger partial charge in [0.1, 0.15) is 5.58 Å². The summed E-state index contributed by atoms with van der Waals surface area (Å²) >= 11 is 5.82. The molecule has 0 fully saturated rings. The topological polar surface area (TPSA) is 42.2 Å². The minimum atomic E-state index is -0.0819. The van der Waals surface area contributed by atoms with E-state index in [1.54, 1.807) is 30.5 Å². The Balaban J connectivity index is 1.77. The number of carbonyl (C=O) groups is 1. The van der Waals surface area contributed by atoms with Gasteiger partial charge in [0.05, 0.1) is 12.7 Å². The first kappa shape index (κ1) is 13.7. The van der Waals surface area contributed by atoms with Gasteiger partial charge in [0.2, 0.25) is 5.91 Å². The van der Waals surface area contributed by atoms with E-state index in [2.05, 4.69) is 5.32 Å². The van der Waals surface area contributed by atoms with Crippen molar-refractivity contribution in [2.45, 2.75) is 13.3 Å². The lowest BCUT2D eigenvalue weighted by molar-refractivity contribution is -0.115. The van der Waals surface area contributed by atoms with Crippen LogP contribution >= 0.6 is 11.6 Å². The first-order chi connectivity index (χ1) is 10.1. The number of hydrogen-bond donors (Lipinski definition) is 1. The molecule has 0 unspecified atom stereocenters. The third kappa shape index (κ3) is 3.09. The molecule has 1 heterocycles. The maximum absolute atomic E-state index is 12.1. The van der Waals surface area contributed by atoms with Gasteiger partial charge in [-0.25, -0.2) is 0 Å². The number of aryl methyl sites for hydroxylation is 1. The van der Waals surface area contributed by atoms with Crippen molar-refractivity contribution in [1.29, 1.82) is 0 Å². The second-order valence-electron chi connectivity index (χ2n) is 4.99. The molecule has 106 valence electrons. The Morgan fingerprint density at radius 2 is 1.95 bits per heavy atom. The van der Waals surface area contributed by atoms with Crippen LogP contribution in [0.3, 0.4) is 0 Å². The van der Waals surface area contributed by atoms with E-state index in [4.69, 9.17) is 16.0 Å². The number of carbonyl (C=O) groups excluding carboxylic acids is 1. The van der Waals surface area contributed by atoms with Gasteiger partial charge < -0.3 is 9.73 Å². The fourth-order valence-electron chi connectivity index (χ4n) is 2.24. The summed E-state index contributed by atoms with van der Waals surface area (Å²) < 4.78 is 5.47. The predicted molar refractivity (Wildman–Crippen MR) is 84.7 cm³/mol. The Hall–Kier alpha value is -2.26. The lowest BCUT2D eigenvalue weighted by Gasteiger charge is -2.04. The van der Waals surface area contributed by atoms with E-state index >= 15 is 0 Å². The predicted octanol–water partition coefficient (Wildman–Crippen LogP) is 4.58. The summed E-state index contributed by atoms with van der Waals surface area (Å²) in [5.74, 6) is -0.0819. The van der Waals surface area contributed by atoms with Crippen molar-refractivity contribution in [3.05, 3.63) is 64.9 Å². The molecule has 1 amide bonds. The van der Waals surface area contributed by atoms with Crippen molar-refractivity contribution in [1.82, 2.24) is 0 Å². The van der Waals surface area contributed by atoms with Crippen LogP contribution in [0.1, 0.15) is 11.1 Å². The maximum atomic E-state index is 12.1. The number of halogens is 1. The Labute approximate surface area is 127 Å². The largest absolute Gasteiger partial charge is 0.464 e. The van der Waals surface area contributed by atoms with Crippen LogP contribution in [0.25, 0.3) is 11.0 Å².